The van der Waals surface area contributed by atoms with Gasteiger partial charge in [0, 0.05) is 37.8 Å². The average Bonchev–Trinajstić information content (AvgIpc) is 2.78. The van der Waals surface area contributed by atoms with Gasteiger partial charge in [-0.1, -0.05) is 43.3 Å². The lowest BCUT2D eigenvalue weighted by Crippen LogP contribution is -2.36. The topological polar surface area (TPSA) is 93.5 Å². The number of anilines is 2. The van der Waals surface area contributed by atoms with Crippen LogP contribution in [0.1, 0.15) is 31.7 Å². The zero-order valence-corrected chi connectivity index (χ0v) is 18.0. The first kappa shape index (κ1) is 23.6. The van der Waals surface area contributed by atoms with Gasteiger partial charge < -0.3 is 15.1 Å². The molecule has 2 rings (SSSR count). The van der Waals surface area contributed by atoms with Gasteiger partial charge >= 0.3 is 0 Å². The first-order chi connectivity index (χ1) is 15.0. The first-order valence-electron chi connectivity index (χ1n) is 10.3. The molecule has 0 atom stereocenters. The molecule has 0 heterocycles. The molecule has 31 heavy (non-hydrogen) atoms. The molecule has 0 aliphatic rings. The standard InChI is InChI=1S/C24H28N4O3/c1-3-19-10-7-8-13-21(19)26-22(29)18-27(2)23(30)14-15-24(31)28(17-9-16-25)20-11-5-4-6-12-20/h4-8,10-13H,3,9,14-15,17-18H2,1-2H3,(H,26,29). The van der Waals surface area contributed by atoms with Crippen molar-refractivity contribution < 1.29 is 14.4 Å². The van der Waals surface area contributed by atoms with Crippen LogP contribution in [0.4, 0.5) is 11.4 Å². The van der Waals surface area contributed by atoms with E-state index in [1.54, 1.807) is 19.2 Å². The second kappa shape index (κ2) is 12.1. The summed E-state index contributed by atoms with van der Waals surface area (Å²) in [5.41, 5.74) is 2.45. The summed E-state index contributed by atoms with van der Waals surface area (Å²) in [6, 6.07) is 18.6. The van der Waals surface area contributed by atoms with Crippen LogP contribution in [-0.4, -0.2) is 42.8 Å². The van der Waals surface area contributed by atoms with Crippen LogP contribution in [-0.2, 0) is 20.8 Å². The maximum absolute atomic E-state index is 12.7. The second-order valence-electron chi connectivity index (χ2n) is 7.10. The van der Waals surface area contributed by atoms with Gasteiger partial charge in [-0.2, -0.15) is 5.26 Å². The quantitative estimate of drug-likeness (QED) is 0.638. The van der Waals surface area contributed by atoms with Crippen LogP contribution in [0, 0.1) is 11.3 Å². The normalized spacial score (nSPS) is 10.1. The van der Waals surface area contributed by atoms with Gasteiger partial charge in [0.05, 0.1) is 19.0 Å². The van der Waals surface area contributed by atoms with Gasteiger partial charge in [0.2, 0.25) is 17.7 Å². The van der Waals surface area contributed by atoms with Crippen LogP contribution in [0.5, 0.6) is 0 Å². The Morgan fingerprint density at radius 1 is 0.968 bits per heavy atom. The summed E-state index contributed by atoms with van der Waals surface area (Å²) in [4.78, 5) is 40.3. The number of likely N-dealkylation sites (N-methyl/N-ethyl adjacent to an activating group) is 1. The molecule has 3 amide bonds. The van der Waals surface area contributed by atoms with E-state index in [1.807, 2.05) is 55.5 Å². The van der Waals surface area contributed by atoms with Gasteiger partial charge in [-0.3, -0.25) is 14.4 Å². The number of benzene rings is 2. The summed E-state index contributed by atoms with van der Waals surface area (Å²) < 4.78 is 0. The van der Waals surface area contributed by atoms with Crippen molar-refractivity contribution in [3.8, 4) is 6.07 Å². The third-order valence-electron chi connectivity index (χ3n) is 4.85. The molecule has 7 heteroatoms. The number of carbonyl (C=O) groups is 3. The predicted molar refractivity (Wildman–Crippen MR) is 120 cm³/mol. The highest BCUT2D eigenvalue weighted by Gasteiger charge is 2.19. The van der Waals surface area contributed by atoms with E-state index >= 15 is 0 Å². The molecule has 162 valence electrons. The van der Waals surface area contributed by atoms with E-state index in [-0.39, 0.29) is 50.1 Å². The third-order valence-corrected chi connectivity index (χ3v) is 4.85. The molecule has 2 aromatic carbocycles. The summed E-state index contributed by atoms with van der Waals surface area (Å²) in [5, 5.41) is 11.7. The van der Waals surface area contributed by atoms with E-state index in [2.05, 4.69) is 5.32 Å². The minimum absolute atomic E-state index is 0.00375. The maximum atomic E-state index is 12.7. The van der Waals surface area contributed by atoms with E-state index in [1.165, 1.54) is 9.80 Å². The van der Waals surface area contributed by atoms with Crippen molar-refractivity contribution in [3.05, 3.63) is 60.2 Å². The number of aryl methyl sites for hydroxylation is 1. The summed E-state index contributed by atoms with van der Waals surface area (Å²) in [6.45, 7) is 2.18. The van der Waals surface area contributed by atoms with Crippen LogP contribution in [0.2, 0.25) is 0 Å². The largest absolute Gasteiger partial charge is 0.336 e. The van der Waals surface area contributed by atoms with Gasteiger partial charge in [-0.15, -0.1) is 0 Å². The number of hydrogen-bond acceptors (Lipinski definition) is 4. The Labute approximate surface area is 183 Å². The minimum atomic E-state index is -0.291. The Hall–Kier alpha value is -3.66. The van der Waals surface area contributed by atoms with Gasteiger partial charge in [0.25, 0.3) is 0 Å². The van der Waals surface area contributed by atoms with Crippen molar-refractivity contribution in [3.63, 3.8) is 0 Å². The zero-order valence-electron chi connectivity index (χ0n) is 18.0. The Morgan fingerprint density at radius 2 is 1.61 bits per heavy atom. The fraction of sp³-hybridized carbons (Fsp3) is 0.333. The molecule has 0 saturated carbocycles. The molecule has 0 radical (unpaired) electrons. The highest BCUT2D eigenvalue weighted by Crippen LogP contribution is 2.17. The molecule has 2 aromatic rings. The van der Waals surface area contributed by atoms with Gasteiger partial charge in [-0.25, -0.2) is 0 Å². The van der Waals surface area contributed by atoms with Crippen molar-refractivity contribution in [2.75, 3.05) is 30.4 Å². The lowest BCUT2D eigenvalue weighted by molar-refractivity contribution is -0.134. The molecule has 1 N–H and O–H groups in total. The number of hydrogen-bond donors (Lipinski definition) is 1. The second-order valence-corrected chi connectivity index (χ2v) is 7.10. The molecule has 0 unspecified atom stereocenters. The number of rotatable bonds is 10. The van der Waals surface area contributed by atoms with Crippen molar-refractivity contribution >= 4 is 29.1 Å². The van der Waals surface area contributed by atoms with E-state index in [4.69, 9.17) is 5.26 Å². The number of carbonyl (C=O) groups excluding carboxylic acids is 3. The van der Waals surface area contributed by atoms with E-state index in [0.29, 0.717) is 5.69 Å². The van der Waals surface area contributed by atoms with E-state index in [9.17, 15) is 14.4 Å². The number of nitrogens with zero attached hydrogens (tertiary/aromatic N) is 3. The van der Waals surface area contributed by atoms with Crippen LogP contribution >= 0.6 is 0 Å². The predicted octanol–water partition coefficient (Wildman–Crippen LogP) is 3.37. The molecule has 0 aliphatic heterocycles. The van der Waals surface area contributed by atoms with Crippen LogP contribution in [0.15, 0.2) is 54.6 Å². The Kier molecular flexibility index (Phi) is 9.24. The smallest absolute Gasteiger partial charge is 0.243 e. The monoisotopic (exact) mass is 420 g/mol. The number of nitrogens with one attached hydrogen (secondary N) is 1. The fourth-order valence-corrected chi connectivity index (χ4v) is 3.15. The molecule has 7 nitrogen and oxygen atoms in total. The van der Waals surface area contributed by atoms with Crippen LogP contribution in [0.25, 0.3) is 0 Å². The summed E-state index contributed by atoms with van der Waals surface area (Å²) in [5.74, 6) is -0.812. The lowest BCUT2D eigenvalue weighted by Gasteiger charge is -2.22. The van der Waals surface area contributed by atoms with Crippen molar-refractivity contribution in [2.45, 2.75) is 32.6 Å². The van der Waals surface area contributed by atoms with Crippen LogP contribution < -0.4 is 10.2 Å². The Balaban J connectivity index is 1.89. The molecule has 0 saturated heterocycles. The molecule has 0 bridgehead atoms. The number of amides is 3. The molecule has 0 fully saturated rings. The van der Waals surface area contributed by atoms with E-state index in [0.717, 1.165) is 17.7 Å². The maximum Gasteiger partial charge on any atom is 0.243 e. The summed E-state index contributed by atoms with van der Waals surface area (Å²) in [7, 11) is 1.54. The van der Waals surface area contributed by atoms with Crippen LogP contribution in [0.3, 0.4) is 0 Å². The molecule has 0 aliphatic carbocycles. The van der Waals surface area contributed by atoms with Gasteiger partial charge in [-0.05, 0) is 30.2 Å². The van der Waals surface area contributed by atoms with Gasteiger partial charge in [0.15, 0.2) is 0 Å². The Morgan fingerprint density at radius 3 is 2.29 bits per heavy atom. The summed E-state index contributed by atoms with van der Waals surface area (Å²) >= 11 is 0. The third kappa shape index (κ3) is 7.27. The molecular formula is C24H28N4O3. The number of para-hydroxylation sites is 2. The minimum Gasteiger partial charge on any atom is -0.336 e. The van der Waals surface area contributed by atoms with E-state index < -0.39 is 0 Å². The van der Waals surface area contributed by atoms with Crippen molar-refractivity contribution in [1.29, 1.82) is 5.26 Å². The summed E-state index contributed by atoms with van der Waals surface area (Å²) in [6.07, 6.45) is 0.985. The lowest BCUT2D eigenvalue weighted by atomic mass is 10.1. The first-order valence-corrected chi connectivity index (χ1v) is 10.3. The fourth-order valence-electron chi connectivity index (χ4n) is 3.15. The molecule has 0 spiro atoms. The molecule has 0 aromatic heterocycles. The van der Waals surface area contributed by atoms with Crippen molar-refractivity contribution in [2.24, 2.45) is 0 Å². The van der Waals surface area contributed by atoms with Gasteiger partial charge in [0.1, 0.15) is 0 Å². The molecular weight excluding hydrogens is 392 g/mol. The van der Waals surface area contributed by atoms with Crippen molar-refractivity contribution in [1.82, 2.24) is 4.90 Å². The highest BCUT2D eigenvalue weighted by atomic mass is 16.2. The zero-order chi connectivity index (χ0) is 22.6. The number of nitriles is 1. The SMILES string of the molecule is CCc1ccccc1NC(=O)CN(C)C(=O)CCC(=O)N(CCC#N)c1ccccc1. The highest BCUT2D eigenvalue weighted by molar-refractivity contribution is 5.97. The Bertz CT molecular complexity index is 937. The average molecular weight is 421 g/mol.